The fourth-order valence-electron chi connectivity index (χ4n) is 2.24. The van der Waals surface area contributed by atoms with E-state index in [0.29, 0.717) is 27.4 Å². The lowest BCUT2D eigenvalue weighted by Crippen LogP contribution is -2.51. The third-order valence-electron chi connectivity index (χ3n) is 3.52. The number of rotatable bonds is 4. The van der Waals surface area contributed by atoms with Crippen LogP contribution in [0.3, 0.4) is 0 Å². The van der Waals surface area contributed by atoms with Crippen molar-refractivity contribution in [2.24, 2.45) is 0 Å². The van der Waals surface area contributed by atoms with Gasteiger partial charge in [0.1, 0.15) is 17.9 Å². The number of hydrogen-bond acceptors (Lipinski definition) is 4. The van der Waals surface area contributed by atoms with Gasteiger partial charge in [0.05, 0.1) is 4.47 Å². The first-order valence-corrected chi connectivity index (χ1v) is 8.64. The number of hydrogen-bond donors (Lipinski definition) is 2. The number of amides is 4. The molecule has 132 valence electrons. The molecule has 0 unspecified atom stereocenters. The number of urea groups is 1. The lowest BCUT2D eigenvalue weighted by atomic mass is 10.1. The van der Waals surface area contributed by atoms with Gasteiger partial charge in [0.25, 0.3) is 11.8 Å². The van der Waals surface area contributed by atoms with Crippen molar-refractivity contribution in [1.29, 1.82) is 0 Å². The molecule has 0 spiro atoms. The van der Waals surface area contributed by atoms with E-state index in [1.54, 1.807) is 30.3 Å². The number of benzene rings is 2. The second-order valence-corrected chi connectivity index (χ2v) is 6.69. The number of ether oxygens (including phenoxy) is 1. The SMILES string of the molecule is O=C1NC(=O)C(=Cc2ccc(OCc3ccc(Cl)cc3)c(Br)c2)C(=O)N1. The van der Waals surface area contributed by atoms with Crippen LogP contribution in [0.1, 0.15) is 11.1 Å². The Hall–Kier alpha value is -2.64. The molecule has 2 aromatic rings. The predicted octanol–water partition coefficient (Wildman–Crippen LogP) is 3.43. The summed E-state index contributed by atoms with van der Waals surface area (Å²) in [5.74, 6) is -0.870. The van der Waals surface area contributed by atoms with Crippen molar-refractivity contribution in [1.82, 2.24) is 10.6 Å². The highest BCUT2D eigenvalue weighted by atomic mass is 79.9. The Labute approximate surface area is 162 Å². The van der Waals surface area contributed by atoms with E-state index in [1.165, 1.54) is 6.08 Å². The Morgan fingerprint density at radius 1 is 1.00 bits per heavy atom. The van der Waals surface area contributed by atoms with Crippen molar-refractivity contribution < 1.29 is 19.1 Å². The molecule has 1 aliphatic heterocycles. The fraction of sp³-hybridized carbons (Fsp3) is 0.0556. The van der Waals surface area contributed by atoms with E-state index in [4.69, 9.17) is 16.3 Å². The second kappa shape index (κ2) is 7.72. The standard InChI is InChI=1S/C18H12BrClN2O4/c19-14-8-11(7-13-16(23)21-18(25)22-17(13)24)3-6-15(14)26-9-10-1-4-12(20)5-2-10/h1-8H,9H2,(H2,21,22,23,24,25). The minimum Gasteiger partial charge on any atom is -0.488 e. The molecule has 2 N–H and O–H groups in total. The van der Waals surface area contributed by atoms with E-state index in [0.717, 1.165) is 5.56 Å². The Morgan fingerprint density at radius 2 is 1.65 bits per heavy atom. The first-order chi connectivity index (χ1) is 12.4. The van der Waals surface area contributed by atoms with Gasteiger partial charge >= 0.3 is 6.03 Å². The maximum Gasteiger partial charge on any atom is 0.328 e. The minimum atomic E-state index is -0.829. The van der Waals surface area contributed by atoms with Crippen LogP contribution in [0.5, 0.6) is 5.75 Å². The van der Waals surface area contributed by atoms with Crippen LogP contribution in [0, 0.1) is 0 Å². The van der Waals surface area contributed by atoms with Gasteiger partial charge in [-0.1, -0.05) is 29.8 Å². The van der Waals surface area contributed by atoms with Crippen LogP contribution in [-0.2, 0) is 16.2 Å². The maximum atomic E-state index is 11.7. The molecule has 26 heavy (non-hydrogen) atoms. The van der Waals surface area contributed by atoms with Crippen molar-refractivity contribution in [2.45, 2.75) is 6.61 Å². The van der Waals surface area contributed by atoms with Crippen LogP contribution in [0.15, 0.2) is 52.5 Å². The molecule has 0 bridgehead atoms. The van der Waals surface area contributed by atoms with Gasteiger partial charge in [-0.05, 0) is 57.4 Å². The van der Waals surface area contributed by atoms with E-state index >= 15 is 0 Å². The largest absolute Gasteiger partial charge is 0.488 e. The second-order valence-electron chi connectivity index (χ2n) is 5.40. The van der Waals surface area contributed by atoms with Gasteiger partial charge in [-0.2, -0.15) is 0 Å². The molecule has 1 saturated heterocycles. The van der Waals surface area contributed by atoms with E-state index in [-0.39, 0.29) is 5.57 Å². The molecule has 1 fully saturated rings. The summed E-state index contributed by atoms with van der Waals surface area (Å²) in [6.45, 7) is 0.364. The molecule has 0 radical (unpaired) electrons. The molecule has 6 nitrogen and oxygen atoms in total. The van der Waals surface area contributed by atoms with Crippen molar-refractivity contribution >= 4 is 51.5 Å². The quantitative estimate of drug-likeness (QED) is 0.569. The third-order valence-corrected chi connectivity index (χ3v) is 4.39. The van der Waals surface area contributed by atoms with Gasteiger partial charge in [0, 0.05) is 5.02 Å². The van der Waals surface area contributed by atoms with Crippen LogP contribution in [-0.4, -0.2) is 17.8 Å². The Bertz CT molecular complexity index is 903. The van der Waals surface area contributed by atoms with E-state index in [1.807, 2.05) is 22.8 Å². The molecule has 2 aromatic carbocycles. The number of imide groups is 2. The minimum absolute atomic E-state index is 0.147. The summed E-state index contributed by atoms with van der Waals surface area (Å²) in [4.78, 5) is 34.6. The fourth-order valence-corrected chi connectivity index (χ4v) is 2.88. The number of carbonyl (C=O) groups is 3. The van der Waals surface area contributed by atoms with Gasteiger partial charge in [0.15, 0.2) is 0 Å². The normalized spacial score (nSPS) is 13.9. The lowest BCUT2D eigenvalue weighted by molar-refractivity contribution is -0.123. The van der Waals surface area contributed by atoms with Crippen molar-refractivity contribution in [3.63, 3.8) is 0 Å². The predicted molar refractivity (Wildman–Crippen MR) is 99.6 cm³/mol. The average Bonchev–Trinajstić information content (AvgIpc) is 2.59. The van der Waals surface area contributed by atoms with E-state index in [9.17, 15) is 14.4 Å². The topological polar surface area (TPSA) is 84.5 Å². The van der Waals surface area contributed by atoms with Crippen molar-refractivity contribution in [3.05, 3.63) is 68.7 Å². The molecule has 0 saturated carbocycles. The molecule has 8 heteroatoms. The highest BCUT2D eigenvalue weighted by Crippen LogP contribution is 2.28. The number of halogens is 2. The zero-order valence-corrected chi connectivity index (χ0v) is 15.6. The molecular formula is C18H12BrClN2O4. The van der Waals surface area contributed by atoms with Crippen LogP contribution >= 0.6 is 27.5 Å². The highest BCUT2D eigenvalue weighted by molar-refractivity contribution is 9.10. The van der Waals surface area contributed by atoms with Gasteiger partial charge in [0.2, 0.25) is 0 Å². The first-order valence-electron chi connectivity index (χ1n) is 7.47. The van der Waals surface area contributed by atoms with Crippen LogP contribution < -0.4 is 15.4 Å². The third kappa shape index (κ3) is 4.30. The molecule has 0 aliphatic carbocycles. The van der Waals surface area contributed by atoms with E-state index in [2.05, 4.69) is 15.9 Å². The number of barbiturate groups is 1. The summed E-state index contributed by atoms with van der Waals surface area (Å²) in [5, 5.41) is 4.71. The van der Waals surface area contributed by atoms with Gasteiger partial charge in [-0.15, -0.1) is 0 Å². The zero-order valence-electron chi connectivity index (χ0n) is 13.2. The Morgan fingerprint density at radius 3 is 2.27 bits per heavy atom. The first kappa shape index (κ1) is 18.2. The summed E-state index contributed by atoms with van der Waals surface area (Å²) in [5.41, 5.74) is 1.42. The van der Waals surface area contributed by atoms with Crippen molar-refractivity contribution in [2.75, 3.05) is 0 Å². The molecule has 1 heterocycles. The highest BCUT2D eigenvalue weighted by Gasteiger charge is 2.27. The Balaban J connectivity index is 1.74. The Kier molecular flexibility index (Phi) is 5.39. The number of carbonyl (C=O) groups excluding carboxylic acids is 3. The van der Waals surface area contributed by atoms with Crippen molar-refractivity contribution in [3.8, 4) is 5.75 Å². The van der Waals surface area contributed by atoms with Gasteiger partial charge in [-0.3, -0.25) is 20.2 Å². The zero-order chi connectivity index (χ0) is 18.7. The summed E-state index contributed by atoms with van der Waals surface area (Å²) in [7, 11) is 0. The molecular weight excluding hydrogens is 424 g/mol. The smallest absolute Gasteiger partial charge is 0.328 e. The van der Waals surface area contributed by atoms with Crippen LogP contribution in [0.2, 0.25) is 5.02 Å². The molecule has 0 aromatic heterocycles. The average molecular weight is 436 g/mol. The molecule has 1 aliphatic rings. The summed E-state index contributed by atoms with van der Waals surface area (Å²) in [6.07, 6.45) is 1.39. The lowest BCUT2D eigenvalue weighted by Gasteiger charge is -2.14. The summed E-state index contributed by atoms with van der Waals surface area (Å²) >= 11 is 9.26. The summed E-state index contributed by atoms with van der Waals surface area (Å²) in [6, 6.07) is 11.6. The molecule has 0 atom stereocenters. The number of nitrogens with one attached hydrogen (secondary N) is 2. The van der Waals surface area contributed by atoms with Gasteiger partial charge < -0.3 is 4.74 Å². The molecule has 4 amide bonds. The van der Waals surface area contributed by atoms with E-state index < -0.39 is 17.8 Å². The van der Waals surface area contributed by atoms with Gasteiger partial charge in [-0.25, -0.2) is 4.79 Å². The summed E-state index contributed by atoms with van der Waals surface area (Å²) < 4.78 is 6.41. The molecule has 3 rings (SSSR count). The van der Waals surface area contributed by atoms with Crippen LogP contribution in [0.4, 0.5) is 4.79 Å². The monoisotopic (exact) mass is 434 g/mol. The maximum absolute atomic E-state index is 11.7. The van der Waals surface area contributed by atoms with Crippen LogP contribution in [0.25, 0.3) is 6.08 Å².